The van der Waals surface area contributed by atoms with Crippen molar-refractivity contribution >= 4 is 51.8 Å². The third-order valence-corrected chi connectivity index (χ3v) is 8.87. The molecule has 1 aliphatic carbocycles. The quantitative estimate of drug-likeness (QED) is 0.0952. The number of esters is 2. The van der Waals surface area contributed by atoms with E-state index in [1.54, 1.807) is 71.6 Å². The average molecular weight is 663 g/mol. The zero-order valence-corrected chi connectivity index (χ0v) is 28.0. The highest BCUT2D eigenvalue weighted by Crippen LogP contribution is 2.38. The van der Waals surface area contributed by atoms with Crippen molar-refractivity contribution in [1.82, 2.24) is 5.01 Å². The van der Waals surface area contributed by atoms with Gasteiger partial charge in [0.2, 0.25) is 0 Å². The van der Waals surface area contributed by atoms with E-state index in [0.717, 1.165) is 0 Å². The van der Waals surface area contributed by atoms with E-state index in [-0.39, 0.29) is 25.5 Å². The standard InChI is InChI=1S/C35H38N2O7S2/c1-5-43-33(40)35(20-18-28(19-21-35)44-32(39)25-12-8-6-9-13-25)22-23-36(37(34(45)46-4)27-14-10-7-11-15-27)31(38)26-16-17-29(41-2)30(24-26)42-3/h6-18,20,24,28H,5,19,21-23H2,1-4H3. The summed E-state index contributed by atoms with van der Waals surface area (Å²) in [7, 11) is 3.03. The summed E-state index contributed by atoms with van der Waals surface area (Å²) in [6.07, 6.45) is 5.82. The van der Waals surface area contributed by atoms with Crippen molar-refractivity contribution < 1.29 is 33.3 Å². The number of rotatable bonds is 11. The van der Waals surface area contributed by atoms with Gasteiger partial charge in [-0.3, -0.25) is 9.59 Å². The molecule has 0 fully saturated rings. The minimum Gasteiger partial charge on any atom is -0.493 e. The van der Waals surface area contributed by atoms with E-state index in [4.69, 9.17) is 31.2 Å². The summed E-state index contributed by atoms with van der Waals surface area (Å²) in [5.41, 5.74) is 0.423. The zero-order chi connectivity index (χ0) is 33.1. The van der Waals surface area contributed by atoms with Gasteiger partial charge in [-0.1, -0.05) is 66.5 Å². The first kappa shape index (κ1) is 34.5. The van der Waals surface area contributed by atoms with Crippen molar-refractivity contribution in [2.45, 2.75) is 32.3 Å². The van der Waals surface area contributed by atoms with Gasteiger partial charge in [0.25, 0.3) is 5.91 Å². The Hall–Kier alpha value is -4.35. The average Bonchev–Trinajstić information content (AvgIpc) is 3.10. The van der Waals surface area contributed by atoms with E-state index in [2.05, 4.69) is 0 Å². The molecular weight excluding hydrogens is 625 g/mol. The molecule has 9 nitrogen and oxygen atoms in total. The van der Waals surface area contributed by atoms with E-state index >= 15 is 0 Å². The molecule has 0 radical (unpaired) electrons. The topological polar surface area (TPSA) is 94.6 Å². The maximum Gasteiger partial charge on any atom is 0.338 e. The summed E-state index contributed by atoms with van der Waals surface area (Å²) < 4.78 is 22.6. The first-order valence-electron chi connectivity index (χ1n) is 14.9. The smallest absolute Gasteiger partial charge is 0.338 e. The number of para-hydroxylation sites is 1. The maximum absolute atomic E-state index is 14.4. The SMILES string of the molecule is CCOC(=O)C1(CCN(C(=O)c2ccc(OC)c(OC)c2)N(C(=S)SC)c2ccccc2)C=CC(OC(=O)c2ccccc2)CC1. The third kappa shape index (κ3) is 8.07. The molecule has 11 heteroatoms. The molecular formula is C35H38N2O7S2. The summed E-state index contributed by atoms with van der Waals surface area (Å²) in [5.74, 6) is -0.303. The van der Waals surface area contributed by atoms with Gasteiger partial charge in [-0.2, -0.15) is 0 Å². The van der Waals surface area contributed by atoms with Crippen LogP contribution in [0.2, 0.25) is 0 Å². The van der Waals surface area contributed by atoms with Crippen molar-refractivity contribution in [3.63, 3.8) is 0 Å². The van der Waals surface area contributed by atoms with Gasteiger partial charge >= 0.3 is 11.9 Å². The second kappa shape index (κ2) is 16.3. The Kier molecular flexibility index (Phi) is 12.2. The Morgan fingerprint density at radius 1 is 0.935 bits per heavy atom. The van der Waals surface area contributed by atoms with Crippen LogP contribution in [0.1, 0.15) is 46.9 Å². The lowest BCUT2D eigenvalue weighted by molar-refractivity contribution is -0.154. The molecule has 0 spiro atoms. The summed E-state index contributed by atoms with van der Waals surface area (Å²) >= 11 is 7.10. The second-order valence-electron chi connectivity index (χ2n) is 10.4. The van der Waals surface area contributed by atoms with Gasteiger partial charge in [-0.15, -0.1) is 0 Å². The monoisotopic (exact) mass is 662 g/mol. The molecule has 0 heterocycles. The lowest BCUT2D eigenvalue weighted by Crippen LogP contribution is -2.51. The number of nitrogens with zero attached hydrogens (tertiary/aromatic N) is 2. The fraction of sp³-hybridized carbons (Fsp3) is 0.314. The highest BCUT2D eigenvalue weighted by Gasteiger charge is 2.42. The molecule has 0 saturated heterocycles. The van der Waals surface area contributed by atoms with Gasteiger partial charge in [0, 0.05) is 12.1 Å². The molecule has 0 N–H and O–H groups in total. The number of hydrogen-bond acceptors (Lipinski definition) is 9. The lowest BCUT2D eigenvalue weighted by atomic mass is 9.75. The Morgan fingerprint density at radius 3 is 2.20 bits per heavy atom. The molecule has 4 rings (SSSR count). The molecule has 3 aromatic rings. The number of hydrazine groups is 1. The van der Waals surface area contributed by atoms with Gasteiger partial charge in [0.05, 0.1) is 37.5 Å². The van der Waals surface area contributed by atoms with Gasteiger partial charge in [0.15, 0.2) is 15.8 Å². The number of amides is 1. The first-order valence-corrected chi connectivity index (χ1v) is 16.5. The zero-order valence-electron chi connectivity index (χ0n) is 26.3. The highest BCUT2D eigenvalue weighted by molar-refractivity contribution is 8.22. The van der Waals surface area contributed by atoms with E-state index in [0.29, 0.717) is 45.5 Å². The van der Waals surface area contributed by atoms with Crippen LogP contribution >= 0.6 is 24.0 Å². The predicted octanol–water partition coefficient (Wildman–Crippen LogP) is 6.73. The van der Waals surface area contributed by atoms with E-state index in [9.17, 15) is 14.4 Å². The van der Waals surface area contributed by atoms with Crippen LogP contribution in [-0.2, 0) is 14.3 Å². The number of ether oxygens (including phenoxy) is 4. The lowest BCUT2D eigenvalue weighted by Gasteiger charge is -2.39. The number of carbonyl (C=O) groups is 3. The Bertz CT molecular complexity index is 1550. The summed E-state index contributed by atoms with van der Waals surface area (Å²) in [4.78, 5) is 40.6. The molecule has 46 heavy (non-hydrogen) atoms. The maximum atomic E-state index is 14.4. The van der Waals surface area contributed by atoms with E-state index < -0.39 is 23.5 Å². The number of thioether (sulfide) groups is 1. The number of hydrogen-bond donors (Lipinski definition) is 0. The fourth-order valence-electron chi connectivity index (χ4n) is 5.22. The second-order valence-corrected chi connectivity index (χ2v) is 11.9. The van der Waals surface area contributed by atoms with Gasteiger partial charge in [-0.25, -0.2) is 14.8 Å². The minimum absolute atomic E-state index is 0.112. The van der Waals surface area contributed by atoms with Crippen molar-refractivity contribution in [3.05, 3.63) is 102 Å². The molecule has 1 amide bonds. The van der Waals surface area contributed by atoms with E-state index in [1.165, 1.54) is 26.0 Å². The Balaban J connectivity index is 1.68. The normalized spacial score (nSPS) is 17.0. The number of benzene rings is 3. The molecule has 0 aromatic heterocycles. The Labute approximate surface area is 279 Å². The molecule has 0 aliphatic heterocycles. The predicted molar refractivity (Wildman–Crippen MR) is 183 cm³/mol. The van der Waals surface area contributed by atoms with Crippen molar-refractivity contribution in [1.29, 1.82) is 0 Å². The first-order chi connectivity index (χ1) is 22.3. The number of anilines is 1. The minimum atomic E-state index is -1.06. The Morgan fingerprint density at radius 2 is 1.61 bits per heavy atom. The van der Waals surface area contributed by atoms with Crippen LogP contribution in [0, 0.1) is 5.41 Å². The van der Waals surface area contributed by atoms with Crippen LogP contribution in [-0.4, -0.2) is 66.9 Å². The van der Waals surface area contributed by atoms with Crippen molar-refractivity contribution in [2.75, 3.05) is 38.6 Å². The largest absolute Gasteiger partial charge is 0.493 e. The van der Waals surface area contributed by atoms with Crippen LogP contribution < -0.4 is 14.5 Å². The molecule has 1 aliphatic rings. The third-order valence-electron chi connectivity index (χ3n) is 7.68. The molecule has 3 aromatic carbocycles. The van der Waals surface area contributed by atoms with Crippen LogP contribution in [0.25, 0.3) is 0 Å². The molecule has 2 atom stereocenters. The fourth-order valence-corrected chi connectivity index (χ4v) is 5.80. The van der Waals surface area contributed by atoms with Crippen LogP contribution in [0.5, 0.6) is 11.5 Å². The van der Waals surface area contributed by atoms with Gasteiger partial charge in [0.1, 0.15) is 6.10 Å². The van der Waals surface area contributed by atoms with Crippen LogP contribution in [0.15, 0.2) is 91.0 Å². The van der Waals surface area contributed by atoms with E-state index in [1.807, 2.05) is 42.7 Å². The van der Waals surface area contributed by atoms with Gasteiger partial charge < -0.3 is 18.9 Å². The molecule has 0 bridgehead atoms. The van der Waals surface area contributed by atoms with Gasteiger partial charge in [-0.05, 0) is 81.0 Å². The summed E-state index contributed by atoms with van der Waals surface area (Å²) in [6.45, 7) is 2.06. The number of thiocarbonyl (C=S) groups is 1. The molecule has 2 unspecified atom stereocenters. The summed E-state index contributed by atoms with van der Waals surface area (Å²) in [6, 6.07) is 23.1. The van der Waals surface area contributed by atoms with Crippen LogP contribution in [0.3, 0.4) is 0 Å². The highest BCUT2D eigenvalue weighted by atomic mass is 32.2. The molecule has 242 valence electrons. The van der Waals surface area contributed by atoms with Crippen LogP contribution in [0.4, 0.5) is 5.69 Å². The van der Waals surface area contributed by atoms with Crippen molar-refractivity contribution in [2.24, 2.45) is 5.41 Å². The number of carbonyl (C=O) groups excluding carboxylic acids is 3. The van der Waals surface area contributed by atoms with Crippen molar-refractivity contribution in [3.8, 4) is 11.5 Å². The molecule has 0 saturated carbocycles. The summed E-state index contributed by atoms with van der Waals surface area (Å²) in [5, 5.41) is 3.24. The number of methoxy groups -OCH3 is 2.